The maximum atomic E-state index is 2.57. The van der Waals surface area contributed by atoms with Gasteiger partial charge in [0.1, 0.15) is 0 Å². The Morgan fingerprint density at radius 3 is 1.76 bits per heavy atom. The standard InChI is InChI=1S/C35H47.C13H10.Zr/c1-10-15-24-20-26(34(4,5)6)21-25-22-29-31(23-18-13-14-19-23)33(35(7,8)9)28(17-12-3)27(16-11-2)32(29)30(24)25;1-3-7-12(8-4-1)11-13-9-5-2-6-10-13;/h13-14,18,20-22H,10-12,15-17,19H2,1-9H3;1-10H;/q-1;;. The van der Waals surface area contributed by atoms with E-state index in [0.717, 1.165) is 19.3 Å². The Hall–Kier alpha value is -3.02. The molecule has 0 spiro atoms. The van der Waals surface area contributed by atoms with Crippen molar-refractivity contribution in [1.29, 1.82) is 0 Å². The van der Waals surface area contributed by atoms with E-state index in [-0.39, 0.29) is 10.8 Å². The second kappa shape index (κ2) is 15.9. The minimum absolute atomic E-state index is 0.103. The number of aryl methyl sites for hydroxylation is 2. The molecular formula is C48H57Zr-. The van der Waals surface area contributed by atoms with Gasteiger partial charge in [-0.05, 0) is 36.5 Å². The molecule has 254 valence electrons. The third-order valence-corrected chi connectivity index (χ3v) is 11.3. The summed E-state index contributed by atoms with van der Waals surface area (Å²) in [6, 6.07) is 28.7. The molecule has 0 N–H and O–H groups in total. The van der Waals surface area contributed by atoms with Crippen molar-refractivity contribution in [2.75, 3.05) is 0 Å². The van der Waals surface area contributed by atoms with Crippen molar-refractivity contribution in [1.82, 2.24) is 0 Å². The third-order valence-electron chi connectivity index (χ3n) is 9.91. The van der Waals surface area contributed by atoms with E-state index in [1.54, 1.807) is 33.0 Å². The molecule has 0 nitrogen and oxygen atoms in total. The zero-order valence-corrected chi connectivity index (χ0v) is 34.1. The van der Waals surface area contributed by atoms with Crippen LogP contribution in [0.4, 0.5) is 0 Å². The van der Waals surface area contributed by atoms with Crippen LogP contribution < -0.4 is 0 Å². The molecule has 0 saturated carbocycles. The average molecular weight is 725 g/mol. The molecular weight excluding hydrogens is 668 g/mol. The third kappa shape index (κ3) is 8.15. The molecule has 0 fully saturated rings. The van der Waals surface area contributed by atoms with E-state index in [1.807, 2.05) is 0 Å². The van der Waals surface area contributed by atoms with E-state index in [2.05, 4.69) is 159 Å². The molecule has 0 aromatic heterocycles. The van der Waals surface area contributed by atoms with E-state index < -0.39 is 0 Å². The van der Waals surface area contributed by atoms with Gasteiger partial charge in [0.15, 0.2) is 0 Å². The van der Waals surface area contributed by atoms with Crippen LogP contribution in [0, 0.1) is 0 Å². The molecule has 0 radical (unpaired) electrons. The molecule has 5 aromatic rings. The summed E-state index contributed by atoms with van der Waals surface area (Å²) in [6.45, 7) is 21.4. The van der Waals surface area contributed by atoms with Crippen LogP contribution in [-0.2, 0) is 54.3 Å². The Kier molecular flexibility index (Phi) is 12.1. The average Bonchev–Trinajstić information content (AvgIpc) is 3.75. The Morgan fingerprint density at radius 1 is 0.694 bits per heavy atom. The normalized spacial score (nSPS) is 13.1. The Labute approximate surface area is 312 Å². The first-order chi connectivity index (χ1) is 23.4. The number of rotatable bonds is 9. The predicted octanol–water partition coefficient (Wildman–Crippen LogP) is 13.3. The maximum absolute atomic E-state index is 2.57. The zero-order valence-electron chi connectivity index (χ0n) is 31.7. The van der Waals surface area contributed by atoms with E-state index in [1.165, 1.54) is 91.7 Å². The first-order valence-corrected chi connectivity index (χ1v) is 19.9. The van der Waals surface area contributed by atoms with E-state index in [4.69, 9.17) is 0 Å². The van der Waals surface area contributed by atoms with Crippen molar-refractivity contribution in [2.24, 2.45) is 0 Å². The molecule has 49 heavy (non-hydrogen) atoms. The van der Waals surface area contributed by atoms with Crippen LogP contribution in [0.5, 0.6) is 0 Å². The summed E-state index contributed by atoms with van der Waals surface area (Å²) in [5.41, 5.74) is 13.9. The Balaban J connectivity index is 0.000000278. The molecule has 1 aliphatic rings. The number of hydrogen-bond acceptors (Lipinski definition) is 0. The molecule has 0 bridgehead atoms. The summed E-state index contributed by atoms with van der Waals surface area (Å²) in [7, 11) is 0. The van der Waals surface area contributed by atoms with Gasteiger partial charge in [0.05, 0.1) is 0 Å². The van der Waals surface area contributed by atoms with Crippen LogP contribution in [0.25, 0.3) is 27.1 Å². The molecule has 0 amide bonds. The summed E-state index contributed by atoms with van der Waals surface area (Å²) in [6.07, 6.45) is 15.1. The van der Waals surface area contributed by atoms with Gasteiger partial charge in [0.2, 0.25) is 0 Å². The first-order valence-electron chi connectivity index (χ1n) is 18.7. The van der Waals surface area contributed by atoms with Gasteiger partial charge in [-0.2, -0.15) is 0 Å². The minimum atomic E-state index is 0.103. The number of fused-ring (bicyclic) bond motifs is 3. The molecule has 0 heterocycles. The number of hydrogen-bond donors (Lipinski definition) is 0. The van der Waals surface area contributed by atoms with Gasteiger partial charge >= 0.3 is 99.2 Å². The monoisotopic (exact) mass is 723 g/mol. The van der Waals surface area contributed by atoms with Gasteiger partial charge in [-0.25, -0.2) is 0 Å². The van der Waals surface area contributed by atoms with Crippen molar-refractivity contribution in [3.05, 3.63) is 142 Å². The second-order valence-electron chi connectivity index (χ2n) is 15.9. The van der Waals surface area contributed by atoms with Gasteiger partial charge in [-0.15, -0.1) is 33.7 Å². The van der Waals surface area contributed by atoms with Crippen molar-refractivity contribution in [3.63, 3.8) is 0 Å². The summed E-state index contributed by atoms with van der Waals surface area (Å²) >= 11 is 1.46. The fourth-order valence-corrected chi connectivity index (χ4v) is 8.55. The van der Waals surface area contributed by atoms with E-state index in [0.29, 0.717) is 0 Å². The topological polar surface area (TPSA) is 0 Å². The number of allylic oxidation sites excluding steroid dienone is 4. The van der Waals surface area contributed by atoms with Crippen molar-refractivity contribution < 1.29 is 24.2 Å². The van der Waals surface area contributed by atoms with Crippen molar-refractivity contribution >= 4 is 30.3 Å². The Bertz CT molecular complexity index is 1920. The van der Waals surface area contributed by atoms with Crippen LogP contribution in [0.1, 0.15) is 133 Å². The predicted molar refractivity (Wildman–Crippen MR) is 214 cm³/mol. The number of benzene rings is 4. The van der Waals surface area contributed by atoms with Crippen LogP contribution in [-0.4, -0.2) is 3.21 Å². The van der Waals surface area contributed by atoms with Crippen molar-refractivity contribution in [3.8, 4) is 0 Å². The van der Waals surface area contributed by atoms with Crippen LogP contribution in [0.3, 0.4) is 0 Å². The summed E-state index contributed by atoms with van der Waals surface area (Å²) < 4.78 is 1.42. The van der Waals surface area contributed by atoms with Gasteiger partial charge < -0.3 is 0 Å². The molecule has 0 aliphatic heterocycles. The summed E-state index contributed by atoms with van der Waals surface area (Å²) in [4.78, 5) is 0. The van der Waals surface area contributed by atoms with Crippen molar-refractivity contribution in [2.45, 2.75) is 118 Å². The van der Waals surface area contributed by atoms with Gasteiger partial charge in [0.25, 0.3) is 0 Å². The summed E-state index contributed by atoms with van der Waals surface area (Å²) in [5, 5.41) is 6.08. The quantitative estimate of drug-likeness (QED) is 0.133. The zero-order chi connectivity index (χ0) is 35.3. The molecule has 0 unspecified atom stereocenters. The van der Waals surface area contributed by atoms with E-state index >= 15 is 0 Å². The fraction of sp³-hybridized carbons (Fsp3) is 0.375. The summed E-state index contributed by atoms with van der Waals surface area (Å²) in [5.74, 6) is 0. The van der Waals surface area contributed by atoms with Crippen LogP contribution in [0.2, 0.25) is 0 Å². The fourth-order valence-electron chi connectivity index (χ4n) is 7.73. The molecule has 0 saturated heterocycles. The first kappa shape index (κ1) is 37.2. The van der Waals surface area contributed by atoms with Gasteiger partial charge in [-0.1, -0.05) is 145 Å². The molecule has 0 atom stereocenters. The molecule has 6 rings (SSSR count). The molecule has 1 aliphatic carbocycles. The second-order valence-corrected chi connectivity index (χ2v) is 17.1. The van der Waals surface area contributed by atoms with Crippen LogP contribution in [0.15, 0.2) is 97.1 Å². The molecule has 1 heteroatoms. The molecule has 5 aromatic carbocycles. The van der Waals surface area contributed by atoms with Gasteiger partial charge in [0, 0.05) is 0 Å². The Morgan fingerprint density at radius 2 is 1.27 bits per heavy atom. The SMILES string of the molecule is CCCc1c(C(C)(C)C)c(C2=CC=CC2)c2[cH-]c3cc(C(C)(C)C)cc(CCC)c3c2c1CCC.[Zr]=[C](c1ccccc1)c1ccccc1. The van der Waals surface area contributed by atoms with E-state index in [9.17, 15) is 0 Å². The van der Waals surface area contributed by atoms with Crippen LogP contribution >= 0.6 is 0 Å². The van der Waals surface area contributed by atoms with Gasteiger partial charge in [-0.3, -0.25) is 0 Å².